The average molecular weight is 240 g/mol. The number of nitrogens with zero attached hydrogens (tertiary/aromatic N) is 2. The van der Waals surface area contributed by atoms with E-state index in [-0.39, 0.29) is 11.8 Å². The van der Waals surface area contributed by atoms with Crippen LogP contribution >= 0.6 is 0 Å². The number of carbonyl (C=O) groups is 2. The predicted molar refractivity (Wildman–Crippen MR) is 67.5 cm³/mol. The van der Waals surface area contributed by atoms with Gasteiger partial charge in [0.25, 0.3) is 0 Å². The van der Waals surface area contributed by atoms with Crippen LogP contribution < -0.4 is 0 Å². The fourth-order valence-electron chi connectivity index (χ4n) is 2.06. The summed E-state index contributed by atoms with van der Waals surface area (Å²) in [4.78, 5) is 27.3. The molecule has 1 rings (SSSR count). The third-order valence-electron chi connectivity index (χ3n) is 3.03. The molecule has 0 N–H and O–H groups in total. The van der Waals surface area contributed by atoms with Gasteiger partial charge >= 0.3 is 0 Å². The minimum Gasteiger partial charge on any atom is -0.339 e. The molecule has 0 unspecified atom stereocenters. The van der Waals surface area contributed by atoms with Crippen LogP contribution in [0.3, 0.4) is 0 Å². The Bertz CT molecular complexity index is 269. The molecule has 1 aliphatic rings. The lowest BCUT2D eigenvalue weighted by Crippen LogP contribution is -2.50. The van der Waals surface area contributed by atoms with Gasteiger partial charge in [-0.3, -0.25) is 9.59 Å². The van der Waals surface area contributed by atoms with E-state index in [1.165, 1.54) is 0 Å². The molecular formula is C13H24N2O2. The van der Waals surface area contributed by atoms with Crippen LogP contribution in [0, 0.1) is 5.92 Å². The SMILES string of the molecule is CCCC(=O)N1CCN(C(=O)CC(C)C)CC1. The van der Waals surface area contributed by atoms with Gasteiger partial charge in [-0.1, -0.05) is 20.8 Å². The number of carbonyl (C=O) groups excluding carboxylic acids is 2. The third kappa shape index (κ3) is 4.36. The molecule has 98 valence electrons. The Balaban J connectivity index is 2.35. The van der Waals surface area contributed by atoms with Crippen molar-refractivity contribution in [3.8, 4) is 0 Å². The van der Waals surface area contributed by atoms with Gasteiger partial charge in [0.1, 0.15) is 0 Å². The molecule has 4 heteroatoms. The van der Waals surface area contributed by atoms with Gasteiger partial charge in [0.05, 0.1) is 0 Å². The molecule has 17 heavy (non-hydrogen) atoms. The van der Waals surface area contributed by atoms with Gasteiger partial charge in [-0.05, 0) is 12.3 Å². The van der Waals surface area contributed by atoms with E-state index in [0.29, 0.717) is 44.9 Å². The zero-order valence-electron chi connectivity index (χ0n) is 11.2. The monoisotopic (exact) mass is 240 g/mol. The van der Waals surface area contributed by atoms with Crippen LogP contribution in [0.15, 0.2) is 0 Å². The zero-order valence-corrected chi connectivity index (χ0v) is 11.2. The summed E-state index contributed by atoms with van der Waals surface area (Å²) in [6, 6.07) is 0. The summed E-state index contributed by atoms with van der Waals surface area (Å²) < 4.78 is 0. The fourth-order valence-corrected chi connectivity index (χ4v) is 2.06. The average Bonchev–Trinajstić information content (AvgIpc) is 2.28. The second-order valence-corrected chi connectivity index (χ2v) is 5.11. The van der Waals surface area contributed by atoms with Gasteiger partial charge in [-0.2, -0.15) is 0 Å². The Labute approximate surface area is 104 Å². The van der Waals surface area contributed by atoms with E-state index in [0.717, 1.165) is 6.42 Å². The number of hydrogen-bond donors (Lipinski definition) is 0. The minimum absolute atomic E-state index is 0.225. The summed E-state index contributed by atoms with van der Waals surface area (Å²) in [5, 5.41) is 0. The molecule has 1 fully saturated rings. The maximum Gasteiger partial charge on any atom is 0.222 e. The standard InChI is InChI=1S/C13H24N2O2/c1-4-5-12(16)14-6-8-15(9-7-14)13(17)10-11(2)3/h11H,4-10H2,1-3H3. The Kier molecular flexibility index (Phi) is 5.45. The molecule has 0 bridgehead atoms. The van der Waals surface area contributed by atoms with E-state index in [9.17, 15) is 9.59 Å². The van der Waals surface area contributed by atoms with Crippen LogP contribution in [0.25, 0.3) is 0 Å². The van der Waals surface area contributed by atoms with Crippen molar-refractivity contribution in [1.29, 1.82) is 0 Å². The van der Waals surface area contributed by atoms with Crippen LogP contribution in [0.1, 0.15) is 40.0 Å². The molecule has 0 aromatic carbocycles. The van der Waals surface area contributed by atoms with Gasteiger partial charge in [0, 0.05) is 39.0 Å². The lowest BCUT2D eigenvalue weighted by Gasteiger charge is -2.35. The lowest BCUT2D eigenvalue weighted by molar-refractivity contribution is -0.140. The summed E-state index contributed by atoms with van der Waals surface area (Å²) in [6.45, 7) is 8.91. The molecular weight excluding hydrogens is 216 g/mol. The van der Waals surface area contributed by atoms with Crippen LogP contribution in [0.2, 0.25) is 0 Å². The minimum atomic E-state index is 0.225. The first-order valence-electron chi connectivity index (χ1n) is 6.60. The molecule has 0 aromatic rings. The number of hydrogen-bond acceptors (Lipinski definition) is 2. The maximum atomic E-state index is 11.8. The van der Waals surface area contributed by atoms with Crippen molar-refractivity contribution in [3.05, 3.63) is 0 Å². The van der Waals surface area contributed by atoms with Crippen LogP contribution in [-0.4, -0.2) is 47.8 Å². The van der Waals surface area contributed by atoms with Crippen molar-refractivity contribution < 1.29 is 9.59 Å². The van der Waals surface area contributed by atoms with E-state index < -0.39 is 0 Å². The quantitative estimate of drug-likeness (QED) is 0.747. The van der Waals surface area contributed by atoms with Crippen molar-refractivity contribution in [1.82, 2.24) is 9.80 Å². The first-order chi connectivity index (χ1) is 8.04. The second-order valence-electron chi connectivity index (χ2n) is 5.11. The van der Waals surface area contributed by atoms with Crippen LogP contribution in [-0.2, 0) is 9.59 Å². The highest BCUT2D eigenvalue weighted by Crippen LogP contribution is 2.09. The van der Waals surface area contributed by atoms with Crippen molar-refractivity contribution >= 4 is 11.8 Å². The predicted octanol–water partition coefficient (Wildman–Crippen LogP) is 1.50. The van der Waals surface area contributed by atoms with E-state index in [1.54, 1.807) is 0 Å². The van der Waals surface area contributed by atoms with Crippen molar-refractivity contribution in [3.63, 3.8) is 0 Å². The topological polar surface area (TPSA) is 40.6 Å². The van der Waals surface area contributed by atoms with Crippen molar-refractivity contribution in [2.24, 2.45) is 5.92 Å². The Hall–Kier alpha value is -1.06. The van der Waals surface area contributed by atoms with Crippen LogP contribution in [0.4, 0.5) is 0 Å². The lowest BCUT2D eigenvalue weighted by atomic mass is 10.1. The Morgan fingerprint density at radius 1 is 1.00 bits per heavy atom. The largest absolute Gasteiger partial charge is 0.339 e. The summed E-state index contributed by atoms with van der Waals surface area (Å²) in [6.07, 6.45) is 2.13. The Morgan fingerprint density at radius 2 is 1.47 bits per heavy atom. The molecule has 1 saturated heterocycles. The van der Waals surface area contributed by atoms with Gasteiger partial charge in [0.2, 0.25) is 11.8 Å². The Morgan fingerprint density at radius 3 is 1.88 bits per heavy atom. The first-order valence-corrected chi connectivity index (χ1v) is 6.60. The van der Waals surface area contributed by atoms with Gasteiger partial charge < -0.3 is 9.80 Å². The van der Waals surface area contributed by atoms with E-state index in [4.69, 9.17) is 0 Å². The second kappa shape index (κ2) is 6.62. The summed E-state index contributed by atoms with van der Waals surface area (Å²) in [5.74, 6) is 0.855. The molecule has 1 heterocycles. The molecule has 4 nitrogen and oxygen atoms in total. The molecule has 0 saturated carbocycles. The van der Waals surface area contributed by atoms with E-state index >= 15 is 0 Å². The first kappa shape index (κ1) is 14.0. The van der Waals surface area contributed by atoms with E-state index in [1.807, 2.05) is 16.7 Å². The molecule has 1 aliphatic heterocycles. The highest BCUT2D eigenvalue weighted by Gasteiger charge is 2.23. The summed E-state index contributed by atoms with van der Waals surface area (Å²) in [5.41, 5.74) is 0. The molecule has 0 spiro atoms. The molecule has 0 aromatic heterocycles. The summed E-state index contributed by atoms with van der Waals surface area (Å²) >= 11 is 0. The molecule has 0 atom stereocenters. The smallest absolute Gasteiger partial charge is 0.222 e. The van der Waals surface area contributed by atoms with Crippen molar-refractivity contribution in [2.45, 2.75) is 40.0 Å². The fraction of sp³-hybridized carbons (Fsp3) is 0.846. The normalized spacial score (nSPS) is 16.5. The number of rotatable bonds is 4. The number of amides is 2. The van der Waals surface area contributed by atoms with Crippen molar-refractivity contribution in [2.75, 3.05) is 26.2 Å². The highest BCUT2D eigenvalue weighted by atomic mass is 16.2. The van der Waals surface area contributed by atoms with Gasteiger partial charge in [-0.25, -0.2) is 0 Å². The maximum absolute atomic E-state index is 11.8. The molecule has 2 amide bonds. The van der Waals surface area contributed by atoms with E-state index in [2.05, 4.69) is 13.8 Å². The molecule has 0 aliphatic carbocycles. The molecule has 0 radical (unpaired) electrons. The van der Waals surface area contributed by atoms with Crippen LogP contribution in [0.5, 0.6) is 0 Å². The highest BCUT2D eigenvalue weighted by molar-refractivity contribution is 5.78. The van der Waals surface area contributed by atoms with Gasteiger partial charge in [-0.15, -0.1) is 0 Å². The zero-order chi connectivity index (χ0) is 12.8. The number of piperazine rings is 1. The van der Waals surface area contributed by atoms with Gasteiger partial charge in [0.15, 0.2) is 0 Å². The third-order valence-corrected chi connectivity index (χ3v) is 3.03. The summed E-state index contributed by atoms with van der Waals surface area (Å²) in [7, 11) is 0.